The van der Waals surface area contributed by atoms with Crippen molar-refractivity contribution in [2.45, 2.75) is 56.0 Å². The van der Waals surface area contributed by atoms with Gasteiger partial charge in [-0.05, 0) is 54.8 Å². The van der Waals surface area contributed by atoms with E-state index in [0.29, 0.717) is 5.56 Å². The van der Waals surface area contributed by atoms with Gasteiger partial charge in [0.2, 0.25) is 10.0 Å². The highest BCUT2D eigenvalue weighted by molar-refractivity contribution is 7.89. The lowest BCUT2D eigenvalue weighted by Gasteiger charge is -2.16. The molecule has 28 heavy (non-hydrogen) atoms. The zero-order chi connectivity index (χ0) is 20.0. The average Bonchev–Trinajstić information content (AvgIpc) is 2.96. The van der Waals surface area contributed by atoms with E-state index >= 15 is 0 Å². The minimum Gasteiger partial charge on any atom is -0.349 e. The Bertz CT molecular complexity index is 888. The van der Waals surface area contributed by atoms with Crippen LogP contribution in [0.4, 0.5) is 4.39 Å². The highest BCUT2D eigenvalue weighted by Gasteiger charge is 2.16. The smallest absolute Gasteiger partial charge is 0.251 e. The molecule has 0 spiro atoms. The summed E-state index contributed by atoms with van der Waals surface area (Å²) in [5.74, 6) is -0.581. The van der Waals surface area contributed by atoms with Gasteiger partial charge in [-0.2, -0.15) is 0 Å². The average molecular weight is 405 g/mol. The lowest BCUT2D eigenvalue weighted by Crippen LogP contribution is -2.34. The molecular formula is C21H25FN2O3S. The Kier molecular flexibility index (Phi) is 6.80. The molecule has 3 rings (SSSR count). The van der Waals surface area contributed by atoms with Gasteiger partial charge in [0, 0.05) is 18.2 Å². The Balaban J connectivity index is 1.56. The van der Waals surface area contributed by atoms with Gasteiger partial charge in [-0.1, -0.05) is 37.8 Å². The first-order chi connectivity index (χ1) is 13.4. The summed E-state index contributed by atoms with van der Waals surface area (Å²) < 4.78 is 39.9. The molecule has 0 aliphatic heterocycles. The van der Waals surface area contributed by atoms with E-state index in [-0.39, 0.29) is 23.4 Å². The number of rotatable bonds is 6. The summed E-state index contributed by atoms with van der Waals surface area (Å²) in [6.07, 6.45) is 6.81. The van der Waals surface area contributed by atoms with E-state index in [1.54, 1.807) is 24.3 Å². The second kappa shape index (κ2) is 9.30. The molecule has 1 aliphatic rings. The Hall–Kier alpha value is -2.25. The van der Waals surface area contributed by atoms with Crippen LogP contribution in [0.15, 0.2) is 53.4 Å². The summed E-state index contributed by atoms with van der Waals surface area (Å²) in [5, 5.41) is 3.10. The van der Waals surface area contributed by atoms with Gasteiger partial charge in [0.1, 0.15) is 5.82 Å². The van der Waals surface area contributed by atoms with Gasteiger partial charge in [-0.3, -0.25) is 4.79 Å². The topological polar surface area (TPSA) is 75.3 Å². The number of benzene rings is 2. The van der Waals surface area contributed by atoms with Crippen molar-refractivity contribution in [2.75, 3.05) is 0 Å². The van der Waals surface area contributed by atoms with Crippen molar-refractivity contribution in [3.05, 3.63) is 65.5 Å². The zero-order valence-corrected chi connectivity index (χ0v) is 16.5. The SMILES string of the molecule is O=C(NC1CCCCCC1)c1ccc(CNS(=O)(=O)c2ccc(F)cc2)cc1. The van der Waals surface area contributed by atoms with Gasteiger partial charge in [-0.15, -0.1) is 0 Å². The molecule has 1 aliphatic carbocycles. The molecule has 7 heteroatoms. The summed E-state index contributed by atoms with van der Waals surface area (Å²) in [4.78, 5) is 12.4. The summed E-state index contributed by atoms with van der Waals surface area (Å²) in [5.41, 5.74) is 1.30. The Labute approximate surface area is 165 Å². The fraction of sp³-hybridized carbons (Fsp3) is 0.381. The molecule has 1 saturated carbocycles. The lowest BCUT2D eigenvalue weighted by molar-refractivity contribution is 0.0933. The van der Waals surface area contributed by atoms with Gasteiger partial charge >= 0.3 is 0 Å². The summed E-state index contributed by atoms with van der Waals surface area (Å²) >= 11 is 0. The highest BCUT2D eigenvalue weighted by atomic mass is 32.2. The van der Waals surface area contributed by atoms with E-state index in [2.05, 4.69) is 10.0 Å². The largest absolute Gasteiger partial charge is 0.349 e. The van der Waals surface area contributed by atoms with Crippen molar-refractivity contribution < 1.29 is 17.6 Å². The van der Waals surface area contributed by atoms with E-state index in [1.165, 1.54) is 25.0 Å². The third kappa shape index (κ3) is 5.62. The van der Waals surface area contributed by atoms with Crippen molar-refractivity contribution in [1.82, 2.24) is 10.0 Å². The molecule has 0 unspecified atom stereocenters. The third-order valence-electron chi connectivity index (χ3n) is 5.00. The van der Waals surface area contributed by atoms with Crippen molar-refractivity contribution in [2.24, 2.45) is 0 Å². The van der Waals surface area contributed by atoms with Gasteiger partial charge in [-0.25, -0.2) is 17.5 Å². The zero-order valence-electron chi connectivity index (χ0n) is 15.7. The van der Waals surface area contributed by atoms with Gasteiger partial charge in [0.05, 0.1) is 4.90 Å². The van der Waals surface area contributed by atoms with Crippen LogP contribution in [0.25, 0.3) is 0 Å². The van der Waals surface area contributed by atoms with Crippen LogP contribution in [0.3, 0.4) is 0 Å². The number of amides is 1. The van der Waals surface area contributed by atoms with Crippen LogP contribution < -0.4 is 10.0 Å². The van der Waals surface area contributed by atoms with Gasteiger partial charge < -0.3 is 5.32 Å². The van der Waals surface area contributed by atoms with Crippen LogP contribution in [0.2, 0.25) is 0 Å². The predicted octanol–water partition coefficient (Wildman–Crippen LogP) is 3.76. The first-order valence-corrected chi connectivity index (χ1v) is 11.1. The molecule has 150 valence electrons. The van der Waals surface area contributed by atoms with Crippen LogP contribution in [-0.4, -0.2) is 20.4 Å². The minimum absolute atomic E-state index is 0.00768. The predicted molar refractivity (Wildman–Crippen MR) is 106 cm³/mol. The van der Waals surface area contributed by atoms with Crippen LogP contribution >= 0.6 is 0 Å². The Morgan fingerprint density at radius 2 is 1.54 bits per heavy atom. The van der Waals surface area contributed by atoms with Crippen molar-refractivity contribution in [3.8, 4) is 0 Å². The fourth-order valence-electron chi connectivity index (χ4n) is 3.34. The number of sulfonamides is 1. The molecule has 2 N–H and O–H groups in total. The number of hydrogen-bond donors (Lipinski definition) is 2. The molecule has 0 bridgehead atoms. The summed E-state index contributed by atoms with van der Waals surface area (Å²) in [7, 11) is -3.72. The molecular weight excluding hydrogens is 379 g/mol. The van der Waals surface area contributed by atoms with E-state index in [0.717, 1.165) is 43.4 Å². The van der Waals surface area contributed by atoms with E-state index in [1.807, 2.05) is 0 Å². The summed E-state index contributed by atoms with van der Waals surface area (Å²) in [6.45, 7) is 0.0875. The highest BCUT2D eigenvalue weighted by Crippen LogP contribution is 2.18. The normalized spacial score (nSPS) is 15.8. The second-order valence-corrected chi connectivity index (χ2v) is 8.90. The van der Waals surface area contributed by atoms with Crippen LogP contribution in [0.5, 0.6) is 0 Å². The number of hydrogen-bond acceptors (Lipinski definition) is 3. The monoisotopic (exact) mass is 404 g/mol. The molecule has 0 aromatic heterocycles. The summed E-state index contributed by atoms with van der Waals surface area (Å²) in [6, 6.07) is 11.8. The van der Waals surface area contributed by atoms with Crippen LogP contribution in [-0.2, 0) is 16.6 Å². The molecule has 0 atom stereocenters. The minimum atomic E-state index is -3.72. The number of nitrogens with one attached hydrogen (secondary N) is 2. The molecule has 0 saturated heterocycles. The quantitative estimate of drug-likeness (QED) is 0.720. The van der Waals surface area contributed by atoms with Crippen molar-refractivity contribution >= 4 is 15.9 Å². The first-order valence-electron chi connectivity index (χ1n) is 9.59. The Morgan fingerprint density at radius 3 is 2.14 bits per heavy atom. The fourth-order valence-corrected chi connectivity index (χ4v) is 4.36. The van der Waals surface area contributed by atoms with Crippen molar-refractivity contribution in [3.63, 3.8) is 0 Å². The maximum atomic E-state index is 12.9. The van der Waals surface area contributed by atoms with Crippen LogP contribution in [0, 0.1) is 5.82 Å². The van der Waals surface area contributed by atoms with E-state index in [4.69, 9.17) is 0 Å². The molecule has 2 aromatic carbocycles. The standard InChI is InChI=1S/C21H25FN2O3S/c22-18-11-13-20(14-12-18)28(26,27)23-15-16-7-9-17(10-8-16)21(25)24-19-5-3-1-2-4-6-19/h7-14,19,23H,1-6,15H2,(H,24,25). The number of carbonyl (C=O) groups excluding carboxylic acids is 1. The van der Waals surface area contributed by atoms with Crippen molar-refractivity contribution in [1.29, 1.82) is 0 Å². The van der Waals surface area contributed by atoms with Crippen LogP contribution in [0.1, 0.15) is 54.4 Å². The molecule has 0 radical (unpaired) electrons. The first kappa shape index (κ1) is 20.5. The molecule has 2 aromatic rings. The number of halogens is 1. The second-order valence-electron chi connectivity index (χ2n) is 7.14. The van der Waals surface area contributed by atoms with Gasteiger partial charge in [0.25, 0.3) is 5.91 Å². The molecule has 1 fully saturated rings. The maximum Gasteiger partial charge on any atom is 0.251 e. The Morgan fingerprint density at radius 1 is 0.929 bits per heavy atom. The molecule has 5 nitrogen and oxygen atoms in total. The van der Waals surface area contributed by atoms with E-state index in [9.17, 15) is 17.6 Å². The number of carbonyl (C=O) groups is 1. The molecule has 1 amide bonds. The van der Waals surface area contributed by atoms with Gasteiger partial charge in [0.15, 0.2) is 0 Å². The maximum absolute atomic E-state index is 12.9. The third-order valence-corrected chi connectivity index (χ3v) is 6.41. The van der Waals surface area contributed by atoms with E-state index < -0.39 is 15.8 Å². The lowest BCUT2D eigenvalue weighted by atomic mass is 10.1. The molecule has 0 heterocycles.